The molecule has 112 valence electrons. The highest BCUT2D eigenvalue weighted by atomic mass is 35.5. The number of ether oxygens (including phenoxy) is 2. The Balaban J connectivity index is 2.28. The largest absolute Gasteiger partial charge is 0.497 e. The summed E-state index contributed by atoms with van der Waals surface area (Å²) in [6, 6.07) is 9.74. The van der Waals surface area contributed by atoms with Crippen LogP contribution < -0.4 is 14.8 Å². The molecule has 3 nitrogen and oxygen atoms in total. The Bertz CT molecular complexity index is 634. The van der Waals surface area contributed by atoms with Crippen molar-refractivity contribution in [2.75, 3.05) is 19.5 Å². The van der Waals surface area contributed by atoms with Crippen molar-refractivity contribution in [3.8, 4) is 11.5 Å². The lowest BCUT2D eigenvalue weighted by Gasteiger charge is -2.20. The van der Waals surface area contributed by atoms with Gasteiger partial charge in [0.25, 0.3) is 0 Å². The van der Waals surface area contributed by atoms with Gasteiger partial charge in [-0.05, 0) is 43.3 Å². The second-order valence-corrected chi connectivity index (χ2v) is 5.01. The fourth-order valence-corrected chi connectivity index (χ4v) is 2.32. The normalized spacial score (nSPS) is 11.9. The molecule has 21 heavy (non-hydrogen) atoms. The SMILES string of the molecule is COc1ccc(OC)c(C(C)Nc2ccc(F)cc2Cl)c1. The second-order valence-electron chi connectivity index (χ2n) is 4.60. The summed E-state index contributed by atoms with van der Waals surface area (Å²) in [5, 5.41) is 3.58. The summed E-state index contributed by atoms with van der Waals surface area (Å²) in [4.78, 5) is 0. The zero-order valence-corrected chi connectivity index (χ0v) is 12.9. The molecule has 2 aromatic carbocycles. The molecule has 0 heterocycles. The van der Waals surface area contributed by atoms with Crippen molar-refractivity contribution in [3.05, 3.63) is 52.8 Å². The van der Waals surface area contributed by atoms with Gasteiger partial charge in [0.2, 0.25) is 0 Å². The van der Waals surface area contributed by atoms with Gasteiger partial charge in [0.1, 0.15) is 17.3 Å². The first-order valence-corrected chi connectivity index (χ1v) is 6.86. The summed E-state index contributed by atoms with van der Waals surface area (Å²) in [6.45, 7) is 1.97. The van der Waals surface area contributed by atoms with Crippen LogP contribution in [0, 0.1) is 5.82 Å². The summed E-state index contributed by atoms with van der Waals surface area (Å²) < 4.78 is 23.7. The molecule has 0 bridgehead atoms. The van der Waals surface area contributed by atoms with Crippen molar-refractivity contribution in [1.82, 2.24) is 0 Å². The second kappa shape index (κ2) is 6.68. The predicted molar refractivity (Wildman–Crippen MR) is 83.0 cm³/mol. The third-order valence-electron chi connectivity index (χ3n) is 3.21. The standard InChI is InChI=1S/C16H17ClFNO2/c1-10(19-15-6-4-11(18)8-14(15)17)13-9-12(20-2)5-7-16(13)21-3/h4-10,19H,1-3H3. The maximum absolute atomic E-state index is 13.1. The van der Waals surface area contributed by atoms with E-state index in [1.54, 1.807) is 20.3 Å². The molecular formula is C16H17ClFNO2. The van der Waals surface area contributed by atoms with Gasteiger partial charge in [-0.1, -0.05) is 11.6 Å². The van der Waals surface area contributed by atoms with Gasteiger partial charge < -0.3 is 14.8 Å². The van der Waals surface area contributed by atoms with Gasteiger partial charge in [-0.15, -0.1) is 0 Å². The van der Waals surface area contributed by atoms with Crippen LogP contribution in [0.2, 0.25) is 5.02 Å². The van der Waals surface area contributed by atoms with Crippen LogP contribution in [0.5, 0.6) is 11.5 Å². The Morgan fingerprint density at radius 1 is 1.10 bits per heavy atom. The monoisotopic (exact) mass is 309 g/mol. The number of hydrogen-bond acceptors (Lipinski definition) is 3. The molecule has 2 aromatic rings. The van der Waals surface area contributed by atoms with Crippen LogP contribution in [0.25, 0.3) is 0 Å². The van der Waals surface area contributed by atoms with Crippen molar-refractivity contribution in [1.29, 1.82) is 0 Å². The van der Waals surface area contributed by atoms with Crippen molar-refractivity contribution in [2.45, 2.75) is 13.0 Å². The van der Waals surface area contributed by atoms with Gasteiger partial charge >= 0.3 is 0 Å². The van der Waals surface area contributed by atoms with Gasteiger partial charge in [0.15, 0.2) is 0 Å². The Morgan fingerprint density at radius 2 is 1.86 bits per heavy atom. The van der Waals surface area contributed by atoms with E-state index in [1.807, 2.05) is 25.1 Å². The molecule has 1 N–H and O–H groups in total. The molecule has 0 spiro atoms. The van der Waals surface area contributed by atoms with E-state index in [1.165, 1.54) is 12.1 Å². The lowest BCUT2D eigenvalue weighted by atomic mass is 10.1. The van der Waals surface area contributed by atoms with E-state index in [4.69, 9.17) is 21.1 Å². The van der Waals surface area contributed by atoms with Gasteiger partial charge in [0.05, 0.1) is 31.0 Å². The molecule has 1 unspecified atom stereocenters. The average molecular weight is 310 g/mol. The van der Waals surface area contributed by atoms with E-state index in [2.05, 4.69) is 5.32 Å². The van der Waals surface area contributed by atoms with Crippen LogP contribution in [-0.4, -0.2) is 14.2 Å². The van der Waals surface area contributed by atoms with Crippen LogP contribution in [0.3, 0.4) is 0 Å². The van der Waals surface area contributed by atoms with Crippen LogP contribution >= 0.6 is 11.6 Å². The minimum Gasteiger partial charge on any atom is -0.497 e. The van der Waals surface area contributed by atoms with E-state index >= 15 is 0 Å². The Morgan fingerprint density at radius 3 is 2.48 bits per heavy atom. The zero-order valence-electron chi connectivity index (χ0n) is 12.1. The first kappa shape index (κ1) is 15.4. The summed E-state index contributed by atoms with van der Waals surface area (Å²) in [7, 11) is 3.23. The van der Waals surface area contributed by atoms with Gasteiger partial charge in [-0.3, -0.25) is 0 Å². The molecule has 0 aliphatic heterocycles. The lowest BCUT2D eigenvalue weighted by molar-refractivity contribution is 0.397. The van der Waals surface area contributed by atoms with E-state index in [0.717, 1.165) is 17.1 Å². The number of benzene rings is 2. The number of rotatable bonds is 5. The van der Waals surface area contributed by atoms with Crippen molar-refractivity contribution in [2.24, 2.45) is 0 Å². The summed E-state index contributed by atoms with van der Waals surface area (Å²) in [5.41, 5.74) is 1.59. The first-order chi connectivity index (χ1) is 10.0. The summed E-state index contributed by atoms with van der Waals surface area (Å²) in [6.07, 6.45) is 0. The molecule has 0 radical (unpaired) electrons. The van der Waals surface area contributed by atoms with E-state index in [0.29, 0.717) is 10.7 Å². The molecule has 0 aromatic heterocycles. The van der Waals surface area contributed by atoms with Crippen molar-refractivity contribution in [3.63, 3.8) is 0 Å². The maximum Gasteiger partial charge on any atom is 0.124 e. The Hall–Kier alpha value is -1.94. The number of halogens is 2. The predicted octanol–water partition coefficient (Wildman–Crippen LogP) is 4.67. The fraction of sp³-hybridized carbons (Fsp3) is 0.250. The highest BCUT2D eigenvalue weighted by Gasteiger charge is 2.14. The Labute approximate surface area is 128 Å². The number of nitrogens with one attached hydrogen (secondary N) is 1. The smallest absolute Gasteiger partial charge is 0.124 e. The van der Waals surface area contributed by atoms with E-state index < -0.39 is 0 Å². The molecule has 0 saturated heterocycles. The van der Waals surface area contributed by atoms with Gasteiger partial charge in [-0.2, -0.15) is 0 Å². The molecule has 5 heteroatoms. The average Bonchev–Trinajstić information content (AvgIpc) is 2.49. The minimum absolute atomic E-state index is 0.0852. The fourth-order valence-electron chi connectivity index (χ4n) is 2.10. The first-order valence-electron chi connectivity index (χ1n) is 6.48. The molecule has 2 rings (SSSR count). The van der Waals surface area contributed by atoms with Crippen LogP contribution in [0.15, 0.2) is 36.4 Å². The number of hydrogen-bond donors (Lipinski definition) is 1. The van der Waals surface area contributed by atoms with Crippen molar-refractivity contribution >= 4 is 17.3 Å². The molecule has 0 amide bonds. The number of methoxy groups -OCH3 is 2. The van der Waals surface area contributed by atoms with E-state index in [-0.39, 0.29) is 11.9 Å². The highest BCUT2D eigenvalue weighted by molar-refractivity contribution is 6.33. The van der Waals surface area contributed by atoms with E-state index in [9.17, 15) is 4.39 Å². The lowest BCUT2D eigenvalue weighted by Crippen LogP contribution is -2.09. The molecule has 1 atom stereocenters. The zero-order chi connectivity index (χ0) is 15.4. The Kier molecular flexibility index (Phi) is 4.91. The topological polar surface area (TPSA) is 30.5 Å². The van der Waals surface area contributed by atoms with Crippen LogP contribution in [0.1, 0.15) is 18.5 Å². The molecule has 0 aliphatic rings. The van der Waals surface area contributed by atoms with Crippen LogP contribution in [-0.2, 0) is 0 Å². The highest BCUT2D eigenvalue weighted by Crippen LogP contribution is 2.33. The quantitative estimate of drug-likeness (QED) is 0.870. The molecule has 0 fully saturated rings. The number of anilines is 1. The van der Waals surface area contributed by atoms with Gasteiger partial charge in [-0.25, -0.2) is 4.39 Å². The molecule has 0 saturated carbocycles. The molecular weight excluding hydrogens is 293 g/mol. The molecule has 0 aliphatic carbocycles. The third kappa shape index (κ3) is 3.58. The van der Waals surface area contributed by atoms with Crippen LogP contribution in [0.4, 0.5) is 10.1 Å². The minimum atomic E-state index is -0.364. The van der Waals surface area contributed by atoms with Gasteiger partial charge in [0, 0.05) is 5.56 Å². The summed E-state index contributed by atoms with van der Waals surface area (Å²) in [5.74, 6) is 1.12. The van der Waals surface area contributed by atoms with Crippen molar-refractivity contribution < 1.29 is 13.9 Å². The maximum atomic E-state index is 13.1. The summed E-state index contributed by atoms with van der Waals surface area (Å²) >= 11 is 6.03. The third-order valence-corrected chi connectivity index (χ3v) is 3.52.